The van der Waals surface area contributed by atoms with E-state index in [4.69, 9.17) is 11.6 Å². The fourth-order valence-electron chi connectivity index (χ4n) is 1.38. The number of carbonyl (C=O) groups excluding carboxylic acids is 1. The Bertz CT molecular complexity index is 659. The van der Waals surface area contributed by atoms with Crippen LogP contribution in [-0.4, -0.2) is 10.8 Å². The summed E-state index contributed by atoms with van der Waals surface area (Å²) in [5.74, 6) is -0.340. The van der Waals surface area contributed by atoms with Gasteiger partial charge in [-0.05, 0) is 28.1 Å². The van der Waals surface area contributed by atoms with Crippen molar-refractivity contribution in [1.82, 2.24) is 0 Å². The third-order valence-corrected chi connectivity index (χ3v) is 4.05. The molecule has 19 heavy (non-hydrogen) atoms. The van der Waals surface area contributed by atoms with Crippen LogP contribution in [0, 0.1) is 10.1 Å². The van der Waals surface area contributed by atoms with E-state index in [1.54, 1.807) is 11.4 Å². The number of nitrogens with one attached hydrogen (secondary N) is 1. The summed E-state index contributed by atoms with van der Waals surface area (Å²) in [6, 6.07) is 5.60. The molecule has 5 nitrogen and oxygen atoms in total. The van der Waals surface area contributed by atoms with E-state index < -0.39 is 4.92 Å². The molecule has 98 valence electrons. The van der Waals surface area contributed by atoms with E-state index in [9.17, 15) is 14.9 Å². The number of carbonyl (C=O) groups is 1. The Kier molecular flexibility index (Phi) is 4.18. The average molecular weight is 362 g/mol. The molecule has 0 aliphatic heterocycles. The van der Waals surface area contributed by atoms with E-state index in [1.165, 1.54) is 29.5 Å². The van der Waals surface area contributed by atoms with Crippen molar-refractivity contribution >= 4 is 56.1 Å². The molecule has 2 rings (SSSR count). The molecule has 1 heterocycles. The Morgan fingerprint density at radius 1 is 1.37 bits per heavy atom. The second-order valence-electron chi connectivity index (χ2n) is 3.54. The summed E-state index contributed by atoms with van der Waals surface area (Å²) in [5.41, 5.74) is 0.115. The molecule has 0 unspecified atom stereocenters. The normalized spacial score (nSPS) is 10.2. The molecular weight excluding hydrogens is 356 g/mol. The Morgan fingerprint density at radius 2 is 2.11 bits per heavy atom. The molecule has 0 saturated carbocycles. The first-order valence-corrected chi connectivity index (χ1v) is 7.01. The lowest BCUT2D eigenvalue weighted by molar-refractivity contribution is -0.384. The van der Waals surface area contributed by atoms with Gasteiger partial charge in [-0.15, -0.1) is 11.3 Å². The minimum atomic E-state index is -0.566. The first kappa shape index (κ1) is 14.0. The summed E-state index contributed by atoms with van der Waals surface area (Å²) in [6.45, 7) is 0. The highest BCUT2D eigenvalue weighted by molar-refractivity contribution is 9.10. The molecule has 8 heteroatoms. The van der Waals surface area contributed by atoms with E-state index in [1.807, 2.05) is 0 Å². The molecule has 1 N–H and O–H groups in total. The van der Waals surface area contributed by atoms with Crippen LogP contribution >= 0.6 is 38.9 Å². The maximum atomic E-state index is 11.9. The van der Waals surface area contributed by atoms with Crippen molar-refractivity contribution in [3.8, 4) is 0 Å². The van der Waals surface area contributed by atoms with Crippen LogP contribution in [0.5, 0.6) is 0 Å². The number of non-ortho nitro benzene ring substituents is 1. The summed E-state index contributed by atoms with van der Waals surface area (Å²) in [6.07, 6.45) is 0. The minimum absolute atomic E-state index is 0.171. The van der Waals surface area contributed by atoms with Crippen molar-refractivity contribution in [3.05, 3.63) is 54.1 Å². The van der Waals surface area contributed by atoms with Crippen molar-refractivity contribution < 1.29 is 9.72 Å². The maximum absolute atomic E-state index is 11.9. The lowest BCUT2D eigenvalue weighted by Gasteiger charge is -2.04. The SMILES string of the molecule is O=C(Nc1cc(Cl)cc([N+](=O)[O-])c1)c1cc(Br)cs1. The van der Waals surface area contributed by atoms with Crippen LogP contribution in [0.25, 0.3) is 0 Å². The fraction of sp³-hybridized carbons (Fsp3) is 0. The predicted molar refractivity (Wildman–Crippen MR) is 78.1 cm³/mol. The quantitative estimate of drug-likeness (QED) is 0.653. The second-order valence-corrected chi connectivity index (χ2v) is 5.80. The van der Waals surface area contributed by atoms with Gasteiger partial charge in [0.2, 0.25) is 0 Å². The average Bonchev–Trinajstić information content (AvgIpc) is 2.75. The molecule has 0 aliphatic carbocycles. The van der Waals surface area contributed by atoms with Gasteiger partial charge in [0.15, 0.2) is 0 Å². The number of thiophene rings is 1. The third kappa shape index (κ3) is 3.52. The molecule has 1 aromatic heterocycles. The van der Waals surface area contributed by atoms with Gasteiger partial charge in [0.05, 0.1) is 9.80 Å². The molecule has 0 spiro atoms. The number of nitro groups is 1. The van der Waals surface area contributed by atoms with Crippen LogP contribution in [0.2, 0.25) is 5.02 Å². The highest BCUT2D eigenvalue weighted by atomic mass is 79.9. The zero-order valence-corrected chi connectivity index (χ0v) is 12.4. The second kappa shape index (κ2) is 5.68. The number of nitro benzene ring substituents is 1. The number of nitrogens with zero attached hydrogens (tertiary/aromatic N) is 1. The summed E-state index contributed by atoms with van der Waals surface area (Å²) in [4.78, 5) is 22.5. The standard InChI is InChI=1S/C11H6BrClN2O3S/c12-6-1-10(19-5-6)11(16)14-8-2-7(13)3-9(4-8)15(17)18/h1-5H,(H,14,16). The molecule has 0 bridgehead atoms. The van der Waals surface area contributed by atoms with Crippen LogP contribution in [0.15, 0.2) is 34.1 Å². The zero-order chi connectivity index (χ0) is 14.0. The van der Waals surface area contributed by atoms with Gasteiger partial charge in [-0.25, -0.2) is 0 Å². The summed E-state index contributed by atoms with van der Waals surface area (Å²) < 4.78 is 0.805. The van der Waals surface area contributed by atoms with E-state index >= 15 is 0 Å². The van der Waals surface area contributed by atoms with Crippen molar-refractivity contribution in [3.63, 3.8) is 0 Å². The van der Waals surface area contributed by atoms with Crippen LogP contribution in [0.1, 0.15) is 9.67 Å². The molecule has 1 aromatic carbocycles. The molecule has 2 aromatic rings. The zero-order valence-electron chi connectivity index (χ0n) is 9.22. The monoisotopic (exact) mass is 360 g/mol. The van der Waals surface area contributed by atoms with Gasteiger partial charge in [-0.2, -0.15) is 0 Å². The lowest BCUT2D eigenvalue weighted by atomic mass is 10.2. The fourth-order valence-corrected chi connectivity index (χ4v) is 2.93. The largest absolute Gasteiger partial charge is 0.321 e. The Morgan fingerprint density at radius 3 is 2.68 bits per heavy atom. The van der Waals surface area contributed by atoms with Gasteiger partial charge < -0.3 is 5.32 Å². The van der Waals surface area contributed by atoms with E-state index in [0.717, 1.165) is 4.47 Å². The molecule has 1 amide bonds. The summed E-state index contributed by atoms with van der Waals surface area (Å²) in [5, 5.41) is 15.2. The molecule has 0 aliphatic rings. The Balaban J connectivity index is 2.23. The minimum Gasteiger partial charge on any atom is -0.321 e. The summed E-state index contributed by atoms with van der Waals surface area (Å²) in [7, 11) is 0. The first-order valence-electron chi connectivity index (χ1n) is 4.96. The molecule has 0 fully saturated rings. The van der Waals surface area contributed by atoms with Gasteiger partial charge in [-0.3, -0.25) is 14.9 Å². The van der Waals surface area contributed by atoms with Gasteiger partial charge in [0, 0.05) is 32.7 Å². The Hall–Kier alpha value is -1.44. The maximum Gasteiger partial charge on any atom is 0.272 e. The van der Waals surface area contributed by atoms with Gasteiger partial charge in [-0.1, -0.05) is 11.6 Å². The third-order valence-electron chi connectivity index (χ3n) is 2.14. The number of hydrogen-bond donors (Lipinski definition) is 1. The molecule has 0 radical (unpaired) electrons. The highest BCUT2D eigenvalue weighted by Gasteiger charge is 2.13. The van der Waals surface area contributed by atoms with Gasteiger partial charge in [0.25, 0.3) is 11.6 Å². The van der Waals surface area contributed by atoms with Crippen LogP contribution in [-0.2, 0) is 0 Å². The van der Waals surface area contributed by atoms with Crippen molar-refractivity contribution in [2.75, 3.05) is 5.32 Å². The number of anilines is 1. The number of amides is 1. The van der Waals surface area contributed by atoms with E-state index in [2.05, 4.69) is 21.2 Å². The molecule has 0 saturated heterocycles. The number of benzene rings is 1. The number of hydrogen-bond acceptors (Lipinski definition) is 4. The number of rotatable bonds is 3. The van der Waals surface area contributed by atoms with Crippen LogP contribution in [0.3, 0.4) is 0 Å². The van der Waals surface area contributed by atoms with Crippen LogP contribution in [0.4, 0.5) is 11.4 Å². The molecule has 0 atom stereocenters. The van der Waals surface area contributed by atoms with E-state index in [-0.39, 0.29) is 22.3 Å². The lowest BCUT2D eigenvalue weighted by Crippen LogP contribution is -2.10. The Labute approximate surface area is 125 Å². The first-order chi connectivity index (χ1) is 8.95. The van der Waals surface area contributed by atoms with Crippen molar-refractivity contribution in [1.29, 1.82) is 0 Å². The van der Waals surface area contributed by atoms with Gasteiger partial charge in [0.1, 0.15) is 0 Å². The highest BCUT2D eigenvalue weighted by Crippen LogP contribution is 2.26. The van der Waals surface area contributed by atoms with Crippen molar-refractivity contribution in [2.45, 2.75) is 0 Å². The smallest absolute Gasteiger partial charge is 0.272 e. The van der Waals surface area contributed by atoms with Gasteiger partial charge >= 0.3 is 0 Å². The molecular formula is C11H6BrClN2O3S. The van der Waals surface area contributed by atoms with Crippen LogP contribution < -0.4 is 5.32 Å². The number of halogens is 2. The van der Waals surface area contributed by atoms with Crippen molar-refractivity contribution in [2.24, 2.45) is 0 Å². The topological polar surface area (TPSA) is 72.2 Å². The van der Waals surface area contributed by atoms with E-state index in [0.29, 0.717) is 4.88 Å². The summed E-state index contributed by atoms with van der Waals surface area (Å²) >= 11 is 10.3. The predicted octanol–water partition coefficient (Wildman–Crippen LogP) is 4.32.